The standard InChI is InChI=1S/C16H18N2O4/c1-4-13(19)17-11-7-5-10(6-8-11)14(20)18-12-9-16(2,3)22-15(12)21/h4-8,12H,1,9H2,2-3H3,(H,17,19)(H,18,20). The summed E-state index contributed by atoms with van der Waals surface area (Å²) in [5.74, 6) is -1.11. The Labute approximate surface area is 128 Å². The summed E-state index contributed by atoms with van der Waals surface area (Å²) in [6.45, 7) is 6.96. The zero-order chi connectivity index (χ0) is 16.3. The third-order valence-electron chi connectivity index (χ3n) is 3.26. The second kappa shape index (κ2) is 6.01. The lowest BCUT2D eigenvalue weighted by Crippen LogP contribution is -2.38. The first-order chi connectivity index (χ1) is 10.3. The van der Waals surface area contributed by atoms with Crippen LogP contribution in [-0.2, 0) is 14.3 Å². The van der Waals surface area contributed by atoms with Gasteiger partial charge in [0.1, 0.15) is 11.6 Å². The van der Waals surface area contributed by atoms with E-state index in [0.29, 0.717) is 17.7 Å². The molecular weight excluding hydrogens is 284 g/mol. The molecule has 6 heteroatoms. The molecule has 2 N–H and O–H groups in total. The molecule has 1 aliphatic heterocycles. The minimum atomic E-state index is -0.636. The van der Waals surface area contributed by atoms with Crippen molar-refractivity contribution >= 4 is 23.5 Å². The van der Waals surface area contributed by atoms with Gasteiger partial charge in [0.2, 0.25) is 5.91 Å². The van der Waals surface area contributed by atoms with Crippen LogP contribution in [0.3, 0.4) is 0 Å². The number of cyclic esters (lactones) is 1. The Hall–Kier alpha value is -2.63. The molecule has 2 rings (SSSR count). The van der Waals surface area contributed by atoms with Gasteiger partial charge in [-0.2, -0.15) is 0 Å². The number of hydrogen-bond acceptors (Lipinski definition) is 4. The van der Waals surface area contributed by atoms with Crippen molar-refractivity contribution in [1.82, 2.24) is 5.32 Å². The molecule has 1 atom stereocenters. The summed E-state index contributed by atoms with van der Waals surface area (Å²) in [6, 6.07) is 5.71. The fourth-order valence-electron chi connectivity index (χ4n) is 2.21. The first kappa shape index (κ1) is 15.8. The summed E-state index contributed by atoms with van der Waals surface area (Å²) in [5.41, 5.74) is 0.394. The first-order valence-corrected chi connectivity index (χ1v) is 6.88. The van der Waals surface area contributed by atoms with Crippen molar-refractivity contribution in [3.05, 3.63) is 42.5 Å². The molecule has 2 amide bonds. The number of amides is 2. The quantitative estimate of drug-likeness (QED) is 0.654. The van der Waals surface area contributed by atoms with Crippen LogP contribution in [0.2, 0.25) is 0 Å². The van der Waals surface area contributed by atoms with Crippen LogP contribution in [0.5, 0.6) is 0 Å². The lowest BCUT2D eigenvalue weighted by Gasteiger charge is -2.14. The zero-order valence-electron chi connectivity index (χ0n) is 12.5. The van der Waals surface area contributed by atoms with E-state index in [-0.39, 0.29) is 11.8 Å². The molecule has 0 aliphatic carbocycles. The van der Waals surface area contributed by atoms with Crippen molar-refractivity contribution in [2.75, 3.05) is 5.32 Å². The fourth-order valence-corrected chi connectivity index (χ4v) is 2.21. The molecule has 0 spiro atoms. The maximum atomic E-state index is 12.1. The van der Waals surface area contributed by atoms with E-state index in [9.17, 15) is 14.4 Å². The van der Waals surface area contributed by atoms with Crippen LogP contribution in [-0.4, -0.2) is 29.4 Å². The van der Waals surface area contributed by atoms with E-state index in [1.165, 1.54) is 0 Å². The molecule has 0 saturated carbocycles. The number of carbonyl (C=O) groups is 3. The number of esters is 1. The van der Waals surface area contributed by atoms with Crippen molar-refractivity contribution in [1.29, 1.82) is 0 Å². The van der Waals surface area contributed by atoms with Crippen molar-refractivity contribution in [2.45, 2.75) is 31.9 Å². The number of anilines is 1. The van der Waals surface area contributed by atoms with E-state index >= 15 is 0 Å². The van der Waals surface area contributed by atoms with Gasteiger partial charge in [-0.3, -0.25) is 9.59 Å². The molecule has 1 aliphatic rings. The van der Waals surface area contributed by atoms with Crippen LogP contribution in [0.25, 0.3) is 0 Å². The molecule has 1 fully saturated rings. The molecule has 1 saturated heterocycles. The normalized spacial score (nSPS) is 19.2. The average molecular weight is 302 g/mol. The summed E-state index contributed by atoms with van der Waals surface area (Å²) in [5, 5.41) is 5.24. The summed E-state index contributed by atoms with van der Waals surface area (Å²) in [7, 11) is 0. The summed E-state index contributed by atoms with van der Waals surface area (Å²) in [4.78, 5) is 35.0. The van der Waals surface area contributed by atoms with Gasteiger partial charge >= 0.3 is 5.97 Å². The molecular formula is C16H18N2O4. The van der Waals surface area contributed by atoms with Crippen LogP contribution >= 0.6 is 0 Å². The number of ether oxygens (including phenoxy) is 1. The molecule has 0 radical (unpaired) electrons. The second-order valence-electron chi connectivity index (χ2n) is 5.68. The average Bonchev–Trinajstić information content (AvgIpc) is 2.71. The van der Waals surface area contributed by atoms with Crippen molar-refractivity contribution in [3.63, 3.8) is 0 Å². The van der Waals surface area contributed by atoms with E-state index in [0.717, 1.165) is 6.08 Å². The topological polar surface area (TPSA) is 84.5 Å². The Bertz CT molecular complexity index is 620. The zero-order valence-corrected chi connectivity index (χ0v) is 12.5. The molecule has 6 nitrogen and oxygen atoms in total. The van der Waals surface area contributed by atoms with E-state index < -0.39 is 17.6 Å². The van der Waals surface area contributed by atoms with Crippen LogP contribution < -0.4 is 10.6 Å². The number of hydrogen-bond donors (Lipinski definition) is 2. The molecule has 1 unspecified atom stereocenters. The van der Waals surface area contributed by atoms with Gasteiger partial charge in [-0.1, -0.05) is 6.58 Å². The van der Waals surface area contributed by atoms with Crippen molar-refractivity contribution < 1.29 is 19.1 Å². The van der Waals surface area contributed by atoms with Crippen molar-refractivity contribution in [2.24, 2.45) is 0 Å². The van der Waals surface area contributed by atoms with E-state index in [1.807, 2.05) is 0 Å². The van der Waals surface area contributed by atoms with E-state index in [2.05, 4.69) is 17.2 Å². The molecule has 1 aromatic carbocycles. The lowest BCUT2D eigenvalue weighted by atomic mass is 10.0. The molecule has 116 valence electrons. The van der Waals surface area contributed by atoms with Crippen LogP contribution in [0, 0.1) is 0 Å². The SMILES string of the molecule is C=CC(=O)Nc1ccc(C(=O)NC2CC(C)(C)OC2=O)cc1. The molecule has 22 heavy (non-hydrogen) atoms. The van der Waals surface area contributed by atoms with Crippen LogP contribution in [0.1, 0.15) is 30.6 Å². The highest BCUT2D eigenvalue weighted by atomic mass is 16.6. The van der Waals surface area contributed by atoms with Gasteiger partial charge in [0.05, 0.1) is 0 Å². The fraction of sp³-hybridized carbons (Fsp3) is 0.312. The first-order valence-electron chi connectivity index (χ1n) is 6.88. The third-order valence-corrected chi connectivity index (χ3v) is 3.26. The third kappa shape index (κ3) is 3.72. The van der Waals surface area contributed by atoms with Gasteiger partial charge < -0.3 is 15.4 Å². The Morgan fingerprint density at radius 1 is 1.32 bits per heavy atom. The summed E-state index contributed by atoms with van der Waals surface area (Å²) >= 11 is 0. The van der Waals surface area contributed by atoms with Gasteiger partial charge in [0.25, 0.3) is 5.91 Å². The number of rotatable bonds is 4. The Morgan fingerprint density at radius 2 is 1.95 bits per heavy atom. The number of benzene rings is 1. The summed E-state index contributed by atoms with van der Waals surface area (Å²) < 4.78 is 5.16. The largest absolute Gasteiger partial charge is 0.458 e. The smallest absolute Gasteiger partial charge is 0.329 e. The minimum absolute atomic E-state index is 0.326. The van der Waals surface area contributed by atoms with Crippen LogP contribution in [0.4, 0.5) is 5.69 Å². The summed E-state index contributed by atoms with van der Waals surface area (Å²) in [6.07, 6.45) is 1.60. The Kier molecular flexibility index (Phi) is 4.30. The predicted octanol–water partition coefficient (Wildman–Crippen LogP) is 1.64. The monoisotopic (exact) mass is 302 g/mol. The molecule has 0 bridgehead atoms. The van der Waals surface area contributed by atoms with Gasteiger partial charge in [0, 0.05) is 17.7 Å². The maximum Gasteiger partial charge on any atom is 0.329 e. The second-order valence-corrected chi connectivity index (χ2v) is 5.68. The Balaban J connectivity index is 2.00. The van der Waals surface area contributed by atoms with Crippen molar-refractivity contribution in [3.8, 4) is 0 Å². The van der Waals surface area contributed by atoms with Gasteiger partial charge in [-0.15, -0.1) is 0 Å². The highest BCUT2D eigenvalue weighted by molar-refractivity contribution is 6.00. The van der Waals surface area contributed by atoms with Gasteiger partial charge in [0.15, 0.2) is 0 Å². The van der Waals surface area contributed by atoms with E-state index in [1.54, 1.807) is 38.1 Å². The molecule has 0 aromatic heterocycles. The van der Waals surface area contributed by atoms with Gasteiger partial charge in [-0.05, 0) is 44.2 Å². The molecule has 1 heterocycles. The Morgan fingerprint density at radius 3 is 2.45 bits per heavy atom. The predicted molar refractivity (Wildman–Crippen MR) is 81.3 cm³/mol. The highest BCUT2D eigenvalue weighted by Gasteiger charge is 2.40. The maximum absolute atomic E-state index is 12.1. The highest BCUT2D eigenvalue weighted by Crippen LogP contribution is 2.25. The number of carbonyl (C=O) groups excluding carboxylic acids is 3. The van der Waals surface area contributed by atoms with E-state index in [4.69, 9.17) is 4.74 Å². The lowest BCUT2D eigenvalue weighted by molar-refractivity contribution is -0.147. The molecule has 1 aromatic rings. The minimum Gasteiger partial charge on any atom is -0.458 e. The van der Waals surface area contributed by atoms with Gasteiger partial charge in [-0.25, -0.2) is 4.79 Å². The number of nitrogens with one attached hydrogen (secondary N) is 2. The van der Waals surface area contributed by atoms with Crippen LogP contribution in [0.15, 0.2) is 36.9 Å².